The molecule has 164 valence electrons. The second-order valence-electron chi connectivity index (χ2n) is 7.44. The predicted molar refractivity (Wildman–Crippen MR) is 127 cm³/mol. The maximum Gasteiger partial charge on any atom is 0.266 e. The zero-order chi connectivity index (χ0) is 22.5. The number of hydrogen-bond acceptors (Lipinski definition) is 5. The molecule has 0 spiro atoms. The van der Waals surface area contributed by atoms with Crippen LogP contribution < -0.4 is 10.9 Å². The van der Waals surface area contributed by atoms with Crippen LogP contribution >= 0.6 is 23.4 Å². The molecule has 9 heteroatoms. The molecule has 1 amide bonds. The number of H-pyrrole nitrogens is 1. The number of benzene rings is 2. The Kier molecular flexibility index (Phi) is 6.92. The molecule has 1 atom stereocenters. The van der Waals surface area contributed by atoms with Crippen LogP contribution in [0.3, 0.4) is 0 Å². The summed E-state index contributed by atoms with van der Waals surface area (Å²) in [7, 11) is 0. The quantitative estimate of drug-likeness (QED) is 0.382. The molecule has 0 saturated carbocycles. The van der Waals surface area contributed by atoms with Gasteiger partial charge in [0.1, 0.15) is 0 Å². The summed E-state index contributed by atoms with van der Waals surface area (Å²) in [5, 5.41) is 6.74. The molecule has 32 heavy (non-hydrogen) atoms. The van der Waals surface area contributed by atoms with Crippen LogP contribution in [0.5, 0.6) is 0 Å². The Bertz CT molecular complexity index is 1290. The Hall–Kier alpha value is -3.10. The van der Waals surface area contributed by atoms with E-state index in [1.165, 1.54) is 27.9 Å². The van der Waals surface area contributed by atoms with Crippen LogP contribution in [0, 0.1) is 0 Å². The summed E-state index contributed by atoms with van der Waals surface area (Å²) in [6.07, 6.45) is 1.75. The van der Waals surface area contributed by atoms with E-state index in [9.17, 15) is 9.59 Å². The van der Waals surface area contributed by atoms with Gasteiger partial charge in [0.15, 0.2) is 16.6 Å². The Labute approximate surface area is 194 Å². The van der Waals surface area contributed by atoms with Gasteiger partial charge in [-0.15, -0.1) is 0 Å². The van der Waals surface area contributed by atoms with Gasteiger partial charge in [-0.3, -0.25) is 14.7 Å². The third-order valence-corrected chi connectivity index (χ3v) is 6.03. The molecule has 0 aliphatic carbocycles. The van der Waals surface area contributed by atoms with Crippen molar-refractivity contribution in [2.75, 3.05) is 5.75 Å². The van der Waals surface area contributed by atoms with E-state index >= 15 is 0 Å². The normalized spacial score (nSPS) is 12.1. The Morgan fingerprint density at radius 1 is 1.16 bits per heavy atom. The van der Waals surface area contributed by atoms with Gasteiger partial charge in [0.25, 0.3) is 5.56 Å². The molecular formula is C23H22ClN5O2S. The minimum Gasteiger partial charge on any atom is -0.353 e. The number of thioether (sulfide) groups is 1. The van der Waals surface area contributed by atoms with Gasteiger partial charge in [0, 0.05) is 22.7 Å². The van der Waals surface area contributed by atoms with E-state index in [1.807, 2.05) is 37.3 Å². The standard InChI is InChI=1S/C23H22ClN5O2S/c1-15(10-11-16-6-3-2-4-7-16)25-21(31)14-32-23-27-22(17-8-5-9-18(24)12-17)26-19-13-20(30)28-29(19)23/h2-9,12-13,15H,10-11,14H2,1H3,(H,25,31)(H,28,30)/t15-/m1/s1. The fourth-order valence-electron chi connectivity index (χ4n) is 3.28. The number of carbonyl (C=O) groups is 1. The highest BCUT2D eigenvalue weighted by atomic mass is 35.5. The van der Waals surface area contributed by atoms with Crippen molar-refractivity contribution in [1.82, 2.24) is 24.9 Å². The summed E-state index contributed by atoms with van der Waals surface area (Å²) in [5.41, 5.74) is 2.12. The molecule has 2 heterocycles. The highest BCUT2D eigenvalue weighted by Gasteiger charge is 2.14. The van der Waals surface area contributed by atoms with Gasteiger partial charge in [0.2, 0.25) is 5.91 Å². The minimum atomic E-state index is -0.289. The van der Waals surface area contributed by atoms with Crippen molar-refractivity contribution >= 4 is 34.9 Å². The van der Waals surface area contributed by atoms with Crippen LogP contribution in [0.15, 0.2) is 70.6 Å². The summed E-state index contributed by atoms with van der Waals surface area (Å²) in [6.45, 7) is 2.00. The largest absolute Gasteiger partial charge is 0.353 e. The van der Waals surface area contributed by atoms with Crippen LogP contribution in [0.1, 0.15) is 18.9 Å². The number of aromatic amines is 1. The Morgan fingerprint density at radius 2 is 1.97 bits per heavy atom. The van der Waals surface area contributed by atoms with Gasteiger partial charge in [-0.05, 0) is 37.5 Å². The number of halogens is 1. The molecular weight excluding hydrogens is 446 g/mol. The zero-order valence-electron chi connectivity index (χ0n) is 17.4. The van der Waals surface area contributed by atoms with E-state index in [0.717, 1.165) is 18.4 Å². The summed E-state index contributed by atoms with van der Waals surface area (Å²) < 4.78 is 1.49. The predicted octanol–water partition coefficient (Wildman–Crippen LogP) is 3.97. The van der Waals surface area contributed by atoms with Crippen molar-refractivity contribution in [3.05, 3.63) is 81.6 Å². The van der Waals surface area contributed by atoms with Crippen molar-refractivity contribution in [2.45, 2.75) is 31.0 Å². The Balaban J connectivity index is 1.44. The van der Waals surface area contributed by atoms with Gasteiger partial charge >= 0.3 is 0 Å². The van der Waals surface area contributed by atoms with E-state index in [0.29, 0.717) is 21.7 Å². The van der Waals surface area contributed by atoms with Gasteiger partial charge in [-0.2, -0.15) is 0 Å². The number of aryl methyl sites for hydroxylation is 1. The minimum absolute atomic E-state index is 0.0436. The average molecular weight is 468 g/mol. The van der Waals surface area contributed by atoms with E-state index in [4.69, 9.17) is 11.6 Å². The molecule has 0 aliphatic heterocycles. The molecule has 4 rings (SSSR count). The average Bonchev–Trinajstić information content (AvgIpc) is 3.17. The van der Waals surface area contributed by atoms with Crippen LogP contribution in [0.25, 0.3) is 17.0 Å². The van der Waals surface area contributed by atoms with E-state index in [1.54, 1.807) is 12.1 Å². The maximum atomic E-state index is 12.5. The fraction of sp³-hybridized carbons (Fsp3) is 0.217. The molecule has 2 aromatic carbocycles. The SMILES string of the molecule is C[C@H](CCc1ccccc1)NC(=O)CSc1nc(-c2cccc(Cl)c2)nc2cc(=O)[nH]n12. The van der Waals surface area contributed by atoms with E-state index in [-0.39, 0.29) is 23.3 Å². The molecule has 2 N–H and O–H groups in total. The van der Waals surface area contributed by atoms with E-state index < -0.39 is 0 Å². The van der Waals surface area contributed by atoms with Crippen molar-refractivity contribution in [3.8, 4) is 11.4 Å². The molecule has 0 aliphatic rings. The summed E-state index contributed by atoms with van der Waals surface area (Å²) in [4.78, 5) is 33.4. The molecule has 0 radical (unpaired) electrons. The van der Waals surface area contributed by atoms with Crippen molar-refractivity contribution in [3.63, 3.8) is 0 Å². The highest BCUT2D eigenvalue weighted by Crippen LogP contribution is 2.23. The lowest BCUT2D eigenvalue weighted by molar-refractivity contribution is -0.119. The van der Waals surface area contributed by atoms with Gasteiger partial charge in [-0.25, -0.2) is 14.5 Å². The smallest absolute Gasteiger partial charge is 0.266 e. The van der Waals surface area contributed by atoms with Crippen LogP contribution in [0.4, 0.5) is 0 Å². The number of aromatic nitrogens is 4. The third-order valence-electron chi connectivity index (χ3n) is 4.86. The topological polar surface area (TPSA) is 92.2 Å². The summed E-state index contributed by atoms with van der Waals surface area (Å²) in [6, 6.07) is 18.8. The van der Waals surface area contributed by atoms with E-state index in [2.05, 4.69) is 32.5 Å². The van der Waals surface area contributed by atoms with Gasteiger partial charge < -0.3 is 5.32 Å². The first-order chi connectivity index (χ1) is 15.5. The van der Waals surface area contributed by atoms with Crippen molar-refractivity contribution in [2.24, 2.45) is 0 Å². The first kappa shape index (κ1) is 22.1. The molecule has 7 nitrogen and oxygen atoms in total. The molecule has 0 saturated heterocycles. The molecule has 0 bridgehead atoms. The van der Waals surface area contributed by atoms with Crippen molar-refractivity contribution < 1.29 is 4.79 Å². The molecule has 0 unspecified atom stereocenters. The number of nitrogens with one attached hydrogen (secondary N) is 2. The number of amides is 1. The highest BCUT2D eigenvalue weighted by molar-refractivity contribution is 7.99. The second-order valence-corrected chi connectivity index (χ2v) is 8.81. The monoisotopic (exact) mass is 467 g/mol. The fourth-order valence-corrected chi connectivity index (χ4v) is 4.24. The first-order valence-corrected chi connectivity index (χ1v) is 11.6. The molecule has 4 aromatic rings. The van der Waals surface area contributed by atoms with Gasteiger partial charge in [0.05, 0.1) is 5.75 Å². The maximum absolute atomic E-state index is 12.5. The first-order valence-electron chi connectivity index (χ1n) is 10.2. The number of carbonyl (C=O) groups excluding carboxylic acids is 1. The number of rotatable bonds is 8. The second kappa shape index (κ2) is 10.0. The number of fused-ring (bicyclic) bond motifs is 1. The lowest BCUT2D eigenvalue weighted by atomic mass is 10.1. The van der Waals surface area contributed by atoms with Gasteiger partial charge in [-0.1, -0.05) is 65.8 Å². The molecule has 2 aromatic heterocycles. The Morgan fingerprint density at radius 3 is 2.75 bits per heavy atom. The van der Waals surface area contributed by atoms with Crippen LogP contribution in [0.2, 0.25) is 5.02 Å². The van der Waals surface area contributed by atoms with Crippen LogP contribution in [-0.4, -0.2) is 37.3 Å². The third kappa shape index (κ3) is 5.57. The number of hydrogen-bond donors (Lipinski definition) is 2. The van der Waals surface area contributed by atoms with Crippen molar-refractivity contribution in [1.29, 1.82) is 0 Å². The lowest BCUT2D eigenvalue weighted by Gasteiger charge is -2.14. The summed E-state index contributed by atoms with van der Waals surface area (Å²) in [5.74, 6) is 0.503. The number of nitrogens with zero attached hydrogens (tertiary/aromatic N) is 3. The lowest BCUT2D eigenvalue weighted by Crippen LogP contribution is -2.34. The zero-order valence-corrected chi connectivity index (χ0v) is 19.0. The molecule has 0 fully saturated rings. The van der Waals surface area contributed by atoms with Crippen LogP contribution in [-0.2, 0) is 11.2 Å². The summed E-state index contributed by atoms with van der Waals surface area (Å²) >= 11 is 7.34.